The maximum atomic E-state index is 14.1. The van der Waals surface area contributed by atoms with Gasteiger partial charge in [-0.25, -0.2) is 27.7 Å². The predicted molar refractivity (Wildman–Crippen MR) is 108 cm³/mol. The van der Waals surface area contributed by atoms with Gasteiger partial charge in [-0.05, 0) is 48.9 Å². The largest absolute Gasteiger partial charge is 0.286 e. The number of amides is 1. The Morgan fingerprint density at radius 3 is 2.43 bits per heavy atom. The summed E-state index contributed by atoms with van der Waals surface area (Å²) >= 11 is 0. The molecule has 0 bridgehead atoms. The Morgan fingerprint density at radius 1 is 1.20 bits per heavy atom. The van der Waals surface area contributed by atoms with Crippen molar-refractivity contribution >= 4 is 15.9 Å². The van der Waals surface area contributed by atoms with Crippen LogP contribution in [-0.2, 0) is 21.2 Å². The summed E-state index contributed by atoms with van der Waals surface area (Å²) in [4.78, 5) is 11.6. The third-order valence-electron chi connectivity index (χ3n) is 4.59. The van der Waals surface area contributed by atoms with Gasteiger partial charge in [-0.15, -0.1) is 0 Å². The van der Waals surface area contributed by atoms with Crippen LogP contribution in [-0.4, -0.2) is 41.4 Å². The highest BCUT2D eigenvalue weighted by Crippen LogP contribution is 2.27. The Labute approximate surface area is 173 Å². The number of carbonyl (C=O) groups excluding carboxylic acids is 1. The van der Waals surface area contributed by atoms with E-state index in [1.807, 2.05) is 0 Å². The van der Waals surface area contributed by atoms with Gasteiger partial charge in [-0.1, -0.05) is 12.1 Å². The second-order valence-electron chi connectivity index (χ2n) is 6.85. The van der Waals surface area contributed by atoms with E-state index in [4.69, 9.17) is 5.14 Å². The van der Waals surface area contributed by atoms with Crippen molar-refractivity contribution in [3.63, 3.8) is 0 Å². The Balaban J connectivity index is 2.05. The van der Waals surface area contributed by atoms with Crippen LogP contribution in [0.25, 0.3) is 16.9 Å². The van der Waals surface area contributed by atoms with Crippen molar-refractivity contribution in [1.29, 1.82) is 0 Å². The second kappa shape index (κ2) is 8.34. The van der Waals surface area contributed by atoms with Crippen LogP contribution in [0.5, 0.6) is 0 Å². The van der Waals surface area contributed by atoms with Gasteiger partial charge < -0.3 is 0 Å². The number of hydroxylamine groups is 2. The van der Waals surface area contributed by atoms with Crippen molar-refractivity contribution < 1.29 is 22.8 Å². The molecular weight excluding hydrogens is 411 g/mol. The van der Waals surface area contributed by atoms with E-state index in [0.717, 1.165) is 0 Å². The van der Waals surface area contributed by atoms with Gasteiger partial charge in [0.15, 0.2) is 0 Å². The molecule has 0 unspecified atom stereocenters. The first kappa shape index (κ1) is 21.6. The minimum Gasteiger partial charge on any atom is -0.286 e. The van der Waals surface area contributed by atoms with Crippen molar-refractivity contribution in [3.05, 3.63) is 65.6 Å². The number of rotatable bonds is 6. The average Bonchev–Trinajstić information content (AvgIpc) is 3.12. The van der Waals surface area contributed by atoms with Crippen molar-refractivity contribution in [2.75, 3.05) is 7.05 Å². The molecule has 0 saturated heterocycles. The van der Waals surface area contributed by atoms with Crippen molar-refractivity contribution in [2.45, 2.75) is 24.7 Å². The monoisotopic (exact) mass is 432 g/mol. The lowest BCUT2D eigenvalue weighted by molar-refractivity contribution is -0.159. The summed E-state index contributed by atoms with van der Waals surface area (Å²) in [6.45, 7) is 1.66. The highest BCUT2D eigenvalue weighted by molar-refractivity contribution is 7.89. The predicted octanol–water partition coefficient (Wildman–Crippen LogP) is 2.41. The fourth-order valence-electron chi connectivity index (χ4n) is 2.88. The van der Waals surface area contributed by atoms with E-state index in [0.29, 0.717) is 33.3 Å². The summed E-state index contributed by atoms with van der Waals surface area (Å²) in [5, 5.41) is 19.4. The third kappa shape index (κ3) is 4.73. The number of halogens is 1. The smallest absolute Gasteiger partial charge is 0.246 e. The zero-order chi connectivity index (χ0) is 22.1. The van der Waals surface area contributed by atoms with E-state index in [9.17, 15) is 22.8 Å². The molecule has 0 aliphatic heterocycles. The normalized spacial score (nSPS) is 11.5. The molecule has 0 saturated carbocycles. The molecule has 0 aliphatic carbocycles. The molecule has 3 aromatic rings. The molecule has 158 valence electrons. The maximum Gasteiger partial charge on any atom is 0.246 e. The van der Waals surface area contributed by atoms with E-state index >= 15 is 0 Å². The highest BCUT2D eigenvalue weighted by Gasteiger charge is 2.16. The molecule has 0 aliphatic rings. The van der Waals surface area contributed by atoms with Gasteiger partial charge in [0.1, 0.15) is 5.82 Å². The summed E-state index contributed by atoms with van der Waals surface area (Å²) < 4.78 is 38.7. The zero-order valence-electron chi connectivity index (χ0n) is 16.4. The SMILES string of the molecule is Cc1ccc(-c2cc(CCC(=O)N(C)O)nn2-c2ccc(S(N)(=O)=O)cc2)cc1F. The molecule has 30 heavy (non-hydrogen) atoms. The van der Waals surface area contributed by atoms with Gasteiger partial charge in [-0.2, -0.15) is 5.10 Å². The summed E-state index contributed by atoms with van der Waals surface area (Å²) in [6.07, 6.45) is 0.295. The lowest BCUT2D eigenvalue weighted by Gasteiger charge is -2.09. The number of nitrogens with zero attached hydrogens (tertiary/aromatic N) is 3. The number of primary sulfonamides is 1. The molecule has 0 radical (unpaired) electrons. The second-order valence-corrected chi connectivity index (χ2v) is 8.41. The standard InChI is InChI=1S/C20H21FN4O4S/c1-13-3-4-14(11-18(13)21)19-12-15(5-10-20(26)24(2)27)23-25(19)16-6-8-17(9-7-16)30(22,28)29/h3-4,6-9,11-12,27H,5,10H2,1-2H3,(H2,22,28,29). The quantitative estimate of drug-likeness (QED) is 0.458. The minimum atomic E-state index is -3.84. The lowest BCUT2D eigenvalue weighted by atomic mass is 10.1. The molecule has 1 amide bonds. The van der Waals surface area contributed by atoms with Gasteiger partial charge in [0.05, 0.1) is 22.0 Å². The molecule has 0 fully saturated rings. The Morgan fingerprint density at radius 2 is 1.87 bits per heavy atom. The molecule has 0 spiro atoms. The highest BCUT2D eigenvalue weighted by atomic mass is 32.2. The van der Waals surface area contributed by atoms with Crippen LogP contribution in [0.15, 0.2) is 53.4 Å². The fraction of sp³-hybridized carbons (Fsp3) is 0.200. The van der Waals surface area contributed by atoms with E-state index in [-0.39, 0.29) is 23.6 Å². The topological polar surface area (TPSA) is 119 Å². The number of sulfonamides is 1. The molecule has 2 aromatic carbocycles. The number of benzene rings is 2. The van der Waals surface area contributed by atoms with Crippen molar-refractivity contribution in [1.82, 2.24) is 14.8 Å². The van der Waals surface area contributed by atoms with Crippen molar-refractivity contribution in [3.8, 4) is 16.9 Å². The van der Waals surface area contributed by atoms with Crippen LogP contribution in [0.3, 0.4) is 0 Å². The van der Waals surface area contributed by atoms with Gasteiger partial charge in [0.25, 0.3) is 0 Å². The third-order valence-corrected chi connectivity index (χ3v) is 5.52. The molecule has 8 nitrogen and oxygen atoms in total. The van der Waals surface area contributed by atoms with Gasteiger partial charge in [0, 0.05) is 25.5 Å². The van der Waals surface area contributed by atoms with Gasteiger partial charge >= 0.3 is 0 Å². The Bertz CT molecular complexity index is 1190. The Hall–Kier alpha value is -3.08. The number of aromatic nitrogens is 2. The van der Waals surface area contributed by atoms with Crippen molar-refractivity contribution in [2.24, 2.45) is 5.14 Å². The molecule has 0 atom stereocenters. The van der Waals surface area contributed by atoms with Crippen LogP contribution >= 0.6 is 0 Å². The van der Waals surface area contributed by atoms with Crippen LogP contribution in [0.4, 0.5) is 4.39 Å². The molecule has 3 rings (SSSR count). The maximum absolute atomic E-state index is 14.1. The van der Waals surface area contributed by atoms with E-state index in [1.165, 1.54) is 37.4 Å². The average molecular weight is 432 g/mol. The Kier molecular flexibility index (Phi) is 6.01. The first-order valence-electron chi connectivity index (χ1n) is 9.00. The molecular formula is C20H21FN4O4S. The van der Waals surface area contributed by atoms with Gasteiger partial charge in [0.2, 0.25) is 15.9 Å². The number of nitrogens with two attached hydrogens (primary N) is 1. The van der Waals surface area contributed by atoms with E-state index in [1.54, 1.807) is 29.8 Å². The lowest BCUT2D eigenvalue weighted by Crippen LogP contribution is -2.22. The number of aryl methyl sites for hydroxylation is 2. The number of hydrogen-bond donors (Lipinski definition) is 2. The van der Waals surface area contributed by atoms with Crippen LogP contribution in [0.2, 0.25) is 0 Å². The molecule has 10 heteroatoms. The van der Waals surface area contributed by atoms with Crippen LogP contribution in [0.1, 0.15) is 17.7 Å². The first-order valence-corrected chi connectivity index (χ1v) is 10.5. The van der Waals surface area contributed by atoms with E-state index in [2.05, 4.69) is 5.10 Å². The summed E-state index contributed by atoms with van der Waals surface area (Å²) in [5.74, 6) is -0.839. The summed E-state index contributed by atoms with van der Waals surface area (Å²) in [5.41, 5.74) is 2.72. The number of hydrogen-bond acceptors (Lipinski definition) is 5. The molecule has 1 aromatic heterocycles. The van der Waals surface area contributed by atoms with Crippen LogP contribution < -0.4 is 5.14 Å². The minimum absolute atomic E-state index is 0.0378. The molecule has 3 N–H and O–H groups in total. The zero-order valence-corrected chi connectivity index (χ0v) is 17.2. The van der Waals surface area contributed by atoms with Gasteiger partial charge in [-0.3, -0.25) is 10.0 Å². The van der Waals surface area contributed by atoms with Crippen LogP contribution in [0, 0.1) is 12.7 Å². The number of carbonyl (C=O) groups is 1. The summed E-state index contributed by atoms with van der Waals surface area (Å²) in [7, 11) is -2.60. The molecule has 1 heterocycles. The van der Waals surface area contributed by atoms with E-state index < -0.39 is 15.9 Å². The summed E-state index contributed by atoms with van der Waals surface area (Å²) in [6, 6.07) is 12.3. The first-order chi connectivity index (χ1) is 14.1. The fourth-order valence-corrected chi connectivity index (χ4v) is 3.40.